The zero-order chi connectivity index (χ0) is 11.7. The van der Waals surface area contributed by atoms with Crippen LogP contribution in [0.25, 0.3) is 11.0 Å². The van der Waals surface area contributed by atoms with E-state index in [2.05, 4.69) is 10.1 Å². The molecule has 5 heteroatoms. The first kappa shape index (κ1) is 10.6. The number of aromatic nitrogens is 3. The molecule has 2 aromatic heterocycles. The number of fused-ring (bicyclic) bond motifs is 1. The summed E-state index contributed by atoms with van der Waals surface area (Å²) in [6.45, 7) is 4.03. The summed E-state index contributed by atoms with van der Waals surface area (Å²) < 4.78 is 6.61. The van der Waals surface area contributed by atoms with Gasteiger partial charge >= 0.3 is 5.97 Å². The standard InChI is InChI=1S/C11H13N3O2/c1-4-16-11(15)8-5-9-7(2)13-14(3)10(9)12-6-8/h5-6H,4H2,1-3H3. The van der Waals surface area contributed by atoms with Crippen LogP contribution in [0.1, 0.15) is 23.0 Å². The van der Waals surface area contributed by atoms with Crippen molar-refractivity contribution in [3.8, 4) is 0 Å². The van der Waals surface area contributed by atoms with Gasteiger partial charge in [-0.3, -0.25) is 4.68 Å². The van der Waals surface area contributed by atoms with Gasteiger partial charge in [0.05, 0.1) is 17.9 Å². The molecule has 2 rings (SSSR count). The summed E-state index contributed by atoms with van der Waals surface area (Å²) in [5.41, 5.74) is 2.09. The number of nitrogens with zero attached hydrogens (tertiary/aromatic N) is 3. The van der Waals surface area contributed by atoms with Gasteiger partial charge < -0.3 is 4.74 Å². The topological polar surface area (TPSA) is 57.0 Å². The molecule has 84 valence electrons. The third-order valence-corrected chi connectivity index (χ3v) is 2.37. The molecule has 0 spiro atoms. The molecule has 2 aromatic rings. The van der Waals surface area contributed by atoms with E-state index in [-0.39, 0.29) is 5.97 Å². The minimum Gasteiger partial charge on any atom is -0.462 e. The number of esters is 1. The highest BCUT2D eigenvalue weighted by atomic mass is 16.5. The second-order valence-corrected chi connectivity index (χ2v) is 3.52. The van der Waals surface area contributed by atoms with Crippen molar-refractivity contribution in [3.63, 3.8) is 0 Å². The highest BCUT2D eigenvalue weighted by Gasteiger charge is 2.11. The van der Waals surface area contributed by atoms with Gasteiger partial charge in [-0.2, -0.15) is 5.10 Å². The average molecular weight is 219 g/mol. The molecule has 0 saturated carbocycles. The zero-order valence-corrected chi connectivity index (χ0v) is 9.52. The van der Waals surface area contributed by atoms with Crippen LogP contribution < -0.4 is 0 Å². The Kier molecular flexibility index (Phi) is 2.60. The molecule has 0 aliphatic heterocycles. The van der Waals surface area contributed by atoms with Crippen molar-refractivity contribution in [1.29, 1.82) is 0 Å². The van der Waals surface area contributed by atoms with Crippen molar-refractivity contribution < 1.29 is 9.53 Å². The second kappa shape index (κ2) is 3.92. The maximum atomic E-state index is 11.5. The fourth-order valence-electron chi connectivity index (χ4n) is 1.63. The third-order valence-electron chi connectivity index (χ3n) is 2.37. The molecule has 0 fully saturated rings. The number of ether oxygens (including phenoxy) is 1. The lowest BCUT2D eigenvalue weighted by atomic mass is 10.2. The van der Waals surface area contributed by atoms with Crippen LogP contribution in [0.2, 0.25) is 0 Å². The van der Waals surface area contributed by atoms with E-state index in [0.29, 0.717) is 12.2 Å². The minimum atomic E-state index is -0.347. The summed E-state index contributed by atoms with van der Waals surface area (Å²) in [7, 11) is 1.83. The van der Waals surface area contributed by atoms with Crippen LogP contribution in [0.5, 0.6) is 0 Å². The Morgan fingerprint density at radius 3 is 3.00 bits per heavy atom. The van der Waals surface area contributed by atoms with Gasteiger partial charge in [-0.25, -0.2) is 9.78 Å². The van der Waals surface area contributed by atoms with Gasteiger partial charge in [0.15, 0.2) is 5.65 Å². The number of hydrogen-bond donors (Lipinski definition) is 0. The number of rotatable bonds is 2. The van der Waals surface area contributed by atoms with Crippen molar-refractivity contribution in [2.45, 2.75) is 13.8 Å². The molecule has 0 amide bonds. The van der Waals surface area contributed by atoms with Crippen LogP contribution in [0, 0.1) is 6.92 Å². The zero-order valence-electron chi connectivity index (χ0n) is 9.52. The summed E-state index contributed by atoms with van der Waals surface area (Å²) in [6, 6.07) is 1.77. The maximum absolute atomic E-state index is 11.5. The number of aryl methyl sites for hydroxylation is 2. The van der Waals surface area contributed by atoms with Crippen LogP contribution in [0.15, 0.2) is 12.3 Å². The second-order valence-electron chi connectivity index (χ2n) is 3.52. The lowest BCUT2D eigenvalue weighted by Crippen LogP contribution is -2.05. The Morgan fingerprint density at radius 2 is 2.31 bits per heavy atom. The molecule has 2 heterocycles. The molecule has 16 heavy (non-hydrogen) atoms. The smallest absolute Gasteiger partial charge is 0.339 e. The molecule has 0 N–H and O–H groups in total. The highest BCUT2D eigenvalue weighted by Crippen LogP contribution is 2.16. The van der Waals surface area contributed by atoms with Gasteiger partial charge in [0.25, 0.3) is 0 Å². The molecule has 0 atom stereocenters. The van der Waals surface area contributed by atoms with Gasteiger partial charge in [0.1, 0.15) is 0 Å². The molecule has 0 radical (unpaired) electrons. The fourth-order valence-corrected chi connectivity index (χ4v) is 1.63. The highest BCUT2D eigenvalue weighted by molar-refractivity contribution is 5.93. The van der Waals surface area contributed by atoms with E-state index >= 15 is 0 Å². The van der Waals surface area contributed by atoms with Gasteiger partial charge in [0.2, 0.25) is 0 Å². The van der Waals surface area contributed by atoms with E-state index in [9.17, 15) is 4.79 Å². The normalized spacial score (nSPS) is 10.7. The molecular formula is C11H13N3O2. The summed E-state index contributed by atoms with van der Waals surface area (Å²) in [6.07, 6.45) is 1.52. The maximum Gasteiger partial charge on any atom is 0.339 e. The minimum absolute atomic E-state index is 0.347. The van der Waals surface area contributed by atoms with E-state index in [1.54, 1.807) is 17.7 Å². The van der Waals surface area contributed by atoms with E-state index in [1.807, 2.05) is 14.0 Å². The van der Waals surface area contributed by atoms with Gasteiger partial charge in [0, 0.05) is 18.6 Å². The molecular weight excluding hydrogens is 206 g/mol. The molecule has 0 aliphatic rings. The van der Waals surface area contributed by atoms with E-state index in [1.165, 1.54) is 6.20 Å². The van der Waals surface area contributed by atoms with Crippen LogP contribution in [0.3, 0.4) is 0 Å². The molecule has 5 nitrogen and oxygen atoms in total. The Hall–Kier alpha value is -1.91. The predicted molar refractivity (Wildman–Crippen MR) is 59.2 cm³/mol. The van der Waals surface area contributed by atoms with Crippen LogP contribution in [-0.2, 0) is 11.8 Å². The van der Waals surface area contributed by atoms with E-state index in [4.69, 9.17) is 4.74 Å². The van der Waals surface area contributed by atoms with Crippen molar-refractivity contribution in [2.24, 2.45) is 7.05 Å². The quantitative estimate of drug-likeness (QED) is 0.717. The number of pyridine rings is 1. The summed E-state index contributed by atoms with van der Waals surface area (Å²) in [5.74, 6) is -0.347. The summed E-state index contributed by atoms with van der Waals surface area (Å²) in [5, 5.41) is 5.12. The first-order chi connectivity index (χ1) is 7.63. The Bertz CT molecular complexity index is 545. The number of carbonyl (C=O) groups is 1. The van der Waals surface area contributed by atoms with Crippen molar-refractivity contribution in [1.82, 2.24) is 14.8 Å². The molecule has 0 saturated heterocycles. The number of hydrogen-bond acceptors (Lipinski definition) is 4. The van der Waals surface area contributed by atoms with Crippen molar-refractivity contribution >= 4 is 17.0 Å². The van der Waals surface area contributed by atoms with E-state index in [0.717, 1.165) is 16.7 Å². The van der Waals surface area contributed by atoms with Crippen molar-refractivity contribution in [3.05, 3.63) is 23.5 Å². The van der Waals surface area contributed by atoms with Gasteiger partial charge in [-0.05, 0) is 19.9 Å². The van der Waals surface area contributed by atoms with Crippen LogP contribution in [0.4, 0.5) is 0 Å². The first-order valence-corrected chi connectivity index (χ1v) is 5.10. The molecule has 0 aliphatic carbocycles. The SMILES string of the molecule is CCOC(=O)c1cnc2c(c1)c(C)nn2C. The molecule has 0 bridgehead atoms. The summed E-state index contributed by atoms with van der Waals surface area (Å²) in [4.78, 5) is 15.7. The predicted octanol–water partition coefficient (Wildman–Crippen LogP) is 1.45. The Labute approximate surface area is 93.0 Å². The van der Waals surface area contributed by atoms with Crippen LogP contribution in [-0.4, -0.2) is 27.3 Å². The monoisotopic (exact) mass is 219 g/mol. The van der Waals surface area contributed by atoms with Gasteiger partial charge in [-0.1, -0.05) is 0 Å². The fraction of sp³-hybridized carbons (Fsp3) is 0.364. The van der Waals surface area contributed by atoms with Crippen LogP contribution >= 0.6 is 0 Å². The lowest BCUT2D eigenvalue weighted by molar-refractivity contribution is 0.0526. The van der Waals surface area contributed by atoms with Gasteiger partial charge in [-0.15, -0.1) is 0 Å². The third kappa shape index (κ3) is 1.64. The number of carbonyl (C=O) groups excluding carboxylic acids is 1. The Balaban J connectivity index is 2.51. The molecule has 0 aromatic carbocycles. The Morgan fingerprint density at radius 1 is 1.56 bits per heavy atom. The van der Waals surface area contributed by atoms with Crippen molar-refractivity contribution in [2.75, 3.05) is 6.61 Å². The summed E-state index contributed by atoms with van der Waals surface area (Å²) >= 11 is 0. The lowest BCUT2D eigenvalue weighted by Gasteiger charge is -2.01. The molecule has 0 unspecified atom stereocenters. The van der Waals surface area contributed by atoms with E-state index < -0.39 is 0 Å². The average Bonchev–Trinajstić information content (AvgIpc) is 2.55. The largest absolute Gasteiger partial charge is 0.462 e. The first-order valence-electron chi connectivity index (χ1n) is 5.10.